The highest BCUT2D eigenvalue weighted by Gasteiger charge is 2.37. The molecule has 0 atom stereocenters. The number of nitrogens with one attached hydrogen (secondary N) is 1. The minimum atomic E-state index is -0.750. The van der Waals surface area contributed by atoms with Crippen molar-refractivity contribution in [3.63, 3.8) is 0 Å². The van der Waals surface area contributed by atoms with Crippen LogP contribution >= 0.6 is 15.9 Å². The maximum atomic E-state index is 13.2. The van der Waals surface area contributed by atoms with Gasteiger partial charge in [0, 0.05) is 15.9 Å². The Bertz CT molecular complexity index is 1270. The van der Waals surface area contributed by atoms with Gasteiger partial charge < -0.3 is 4.57 Å². The van der Waals surface area contributed by atoms with E-state index in [0.717, 1.165) is 37.6 Å². The molecule has 0 aliphatic carbocycles. The standard InChI is InChI=1S/C24H20BrN3O3/c1-14-8-4-6-10-20(14)28-23(30)18(22(29)26-24(28)31)13-17-12-15(2)27(16(17)3)21-11-7-5-9-19(21)25/h4-13H,1-3H3,(H,26,29,31)/b18-13+. The fourth-order valence-corrected chi connectivity index (χ4v) is 4.25. The highest BCUT2D eigenvalue weighted by molar-refractivity contribution is 9.10. The molecule has 1 N–H and O–H groups in total. The van der Waals surface area contributed by atoms with E-state index in [-0.39, 0.29) is 5.57 Å². The summed E-state index contributed by atoms with van der Waals surface area (Å²) < 4.78 is 2.98. The van der Waals surface area contributed by atoms with E-state index < -0.39 is 17.8 Å². The predicted molar refractivity (Wildman–Crippen MR) is 123 cm³/mol. The second-order valence-electron chi connectivity index (χ2n) is 7.36. The largest absolute Gasteiger partial charge is 0.335 e. The molecule has 0 saturated carbocycles. The van der Waals surface area contributed by atoms with Gasteiger partial charge in [-0.3, -0.25) is 14.9 Å². The van der Waals surface area contributed by atoms with Crippen LogP contribution in [0.25, 0.3) is 11.8 Å². The molecule has 1 saturated heterocycles. The van der Waals surface area contributed by atoms with Crippen LogP contribution < -0.4 is 10.2 Å². The zero-order valence-corrected chi connectivity index (χ0v) is 18.9. The van der Waals surface area contributed by atoms with Gasteiger partial charge >= 0.3 is 6.03 Å². The number of benzene rings is 2. The number of amides is 4. The first-order valence-electron chi connectivity index (χ1n) is 9.70. The molecule has 0 unspecified atom stereocenters. The lowest BCUT2D eigenvalue weighted by Gasteiger charge is -2.27. The van der Waals surface area contributed by atoms with E-state index >= 15 is 0 Å². The van der Waals surface area contributed by atoms with Crippen molar-refractivity contribution in [2.75, 3.05) is 4.90 Å². The van der Waals surface area contributed by atoms with Crippen LogP contribution in [0, 0.1) is 20.8 Å². The van der Waals surface area contributed by atoms with Crippen LogP contribution in [-0.2, 0) is 9.59 Å². The second-order valence-corrected chi connectivity index (χ2v) is 8.21. The number of aromatic nitrogens is 1. The molecule has 1 aromatic heterocycles. The Balaban J connectivity index is 1.80. The molecule has 1 fully saturated rings. The van der Waals surface area contributed by atoms with Crippen LogP contribution in [0.1, 0.15) is 22.5 Å². The fourth-order valence-electron chi connectivity index (χ4n) is 3.78. The van der Waals surface area contributed by atoms with Gasteiger partial charge in [-0.05, 0) is 78.2 Å². The summed E-state index contributed by atoms with van der Waals surface area (Å²) in [7, 11) is 0. The number of nitrogens with zero attached hydrogens (tertiary/aromatic N) is 2. The Labute approximate surface area is 188 Å². The molecule has 0 bridgehead atoms. The van der Waals surface area contributed by atoms with Gasteiger partial charge in [0.15, 0.2) is 0 Å². The second kappa shape index (κ2) is 8.00. The Morgan fingerprint density at radius 3 is 2.23 bits per heavy atom. The quantitative estimate of drug-likeness (QED) is 0.433. The molecule has 7 heteroatoms. The van der Waals surface area contributed by atoms with Gasteiger partial charge in [0.05, 0.1) is 11.4 Å². The zero-order chi connectivity index (χ0) is 22.3. The summed E-state index contributed by atoms with van der Waals surface area (Å²) in [6.07, 6.45) is 1.55. The number of halogens is 1. The van der Waals surface area contributed by atoms with Crippen molar-refractivity contribution in [3.05, 3.63) is 87.2 Å². The molecule has 6 nitrogen and oxygen atoms in total. The molecule has 4 rings (SSSR count). The number of carbonyl (C=O) groups is 3. The number of rotatable bonds is 3. The lowest BCUT2D eigenvalue weighted by Crippen LogP contribution is -2.54. The zero-order valence-electron chi connectivity index (χ0n) is 17.3. The first-order valence-corrected chi connectivity index (χ1v) is 10.5. The number of anilines is 1. The molecule has 4 amide bonds. The average molecular weight is 478 g/mol. The van der Waals surface area contributed by atoms with Crippen LogP contribution in [0.2, 0.25) is 0 Å². The van der Waals surface area contributed by atoms with Crippen molar-refractivity contribution >= 4 is 45.5 Å². The smallest absolute Gasteiger partial charge is 0.317 e. The monoisotopic (exact) mass is 477 g/mol. The van der Waals surface area contributed by atoms with E-state index in [4.69, 9.17) is 0 Å². The SMILES string of the molecule is Cc1ccccc1N1C(=O)NC(=O)/C(=C\c2cc(C)n(-c3ccccc3Br)c2C)C1=O. The number of carbonyl (C=O) groups excluding carboxylic acids is 3. The number of aryl methyl sites for hydroxylation is 2. The minimum Gasteiger partial charge on any atom is -0.317 e. The highest BCUT2D eigenvalue weighted by Crippen LogP contribution is 2.29. The van der Waals surface area contributed by atoms with E-state index in [1.165, 1.54) is 0 Å². The van der Waals surface area contributed by atoms with Gasteiger partial charge in [-0.25, -0.2) is 9.69 Å². The number of para-hydroxylation sites is 2. The molecule has 31 heavy (non-hydrogen) atoms. The van der Waals surface area contributed by atoms with E-state index in [1.54, 1.807) is 31.2 Å². The number of barbiturate groups is 1. The molecule has 156 valence electrons. The van der Waals surface area contributed by atoms with Crippen molar-refractivity contribution in [3.8, 4) is 5.69 Å². The molecular formula is C24H20BrN3O3. The predicted octanol–water partition coefficient (Wildman–Crippen LogP) is 4.83. The van der Waals surface area contributed by atoms with Gasteiger partial charge in [0.1, 0.15) is 5.57 Å². The molecular weight excluding hydrogens is 458 g/mol. The lowest BCUT2D eigenvalue weighted by molar-refractivity contribution is -0.122. The first-order chi connectivity index (χ1) is 14.8. The molecule has 1 aliphatic rings. The van der Waals surface area contributed by atoms with Crippen molar-refractivity contribution in [1.29, 1.82) is 0 Å². The van der Waals surface area contributed by atoms with Gasteiger partial charge in [0.25, 0.3) is 11.8 Å². The molecule has 0 spiro atoms. The summed E-state index contributed by atoms with van der Waals surface area (Å²) in [6, 6.07) is 16.0. The van der Waals surface area contributed by atoms with Gasteiger partial charge in [0.2, 0.25) is 0 Å². The lowest BCUT2D eigenvalue weighted by atomic mass is 10.1. The minimum absolute atomic E-state index is 0.0877. The van der Waals surface area contributed by atoms with Crippen LogP contribution in [0.5, 0.6) is 0 Å². The summed E-state index contributed by atoms with van der Waals surface area (Å²) in [6.45, 7) is 5.69. The van der Waals surface area contributed by atoms with Crippen molar-refractivity contribution in [1.82, 2.24) is 9.88 Å². The van der Waals surface area contributed by atoms with E-state index in [9.17, 15) is 14.4 Å². The van der Waals surface area contributed by atoms with Crippen molar-refractivity contribution < 1.29 is 14.4 Å². The Kier molecular flexibility index (Phi) is 5.37. The first kappa shape index (κ1) is 20.8. The van der Waals surface area contributed by atoms with E-state index in [0.29, 0.717) is 5.69 Å². The normalized spacial score (nSPS) is 15.5. The molecule has 1 aliphatic heterocycles. The summed E-state index contributed by atoms with van der Waals surface area (Å²) >= 11 is 3.58. The Morgan fingerprint density at radius 1 is 0.903 bits per heavy atom. The average Bonchev–Trinajstić information content (AvgIpc) is 3.00. The third-order valence-corrected chi connectivity index (χ3v) is 5.99. The number of hydrogen-bond donors (Lipinski definition) is 1. The number of hydrogen-bond acceptors (Lipinski definition) is 3. The van der Waals surface area contributed by atoms with Crippen LogP contribution in [0.15, 0.2) is 64.6 Å². The Morgan fingerprint density at radius 2 is 1.55 bits per heavy atom. The van der Waals surface area contributed by atoms with Gasteiger partial charge in [-0.1, -0.05) is 30.3 Å². The third-order valence-electron chi connectivity index (χ3n) is 5.32. The van der Waals surface area contributed by atoms with Crippen molar-refractivity contribution in [2.45, 2.75) is 20.8 Å². The summed E-state index contributed by atoms with van der Waals surface area (Å²) in [5.41, 5.74) is 4.62. The highest BCUT2D eigenvalue weighted by atomic mass is 79.9. The maximum absolute atomic E-state index is 13.2. The molecule has 2 aromatic carbocycles. The number of urea groups is 1. The van der Waals surface area contributed by atoms with Gasteiger partial charge in [-0.2, -0.15) is 0 Å². The molecule has 3 aromatic rings. The van der Waals surface area contributed by atoms with Crippen LogP contribution in [0.3, 0.4) is 0 Å². The third kappa shape index (κ3) is 3.61. The molecule has 0 radical (unpaired) electrons. The van der Waals surface area contributed by atoms with E-state index in [1.807, 2.05) is 54.8 Å². The maximum Gasteiger partial charge on any atom is 0.335 e. The fraction of sp³-hybridized carbons (Fsp3) is 0.125. The van der Waals surface area contributed by atoms with Gasteiger partial charge in [-0.15, -0.1) is 0 Å². The van der Waals surface area contributed by atoms with Crippen molar-refractivity contribution in [2.24, 2.45) is 0 Å². The van der Waals surface area contributed by atoms with Crippen LogP contribution in [0.4, 0.5) is 10.5 Å². The van der Waals surface area contributed by atoms with Crippen LogP contribution in [-0.4, -0.2) is 22.4 Å². The molecule has 2 heterocycles. The topological polar surface area (TPSA) is 71.4 Å². The van der Waals surface area contributed by atoms with E-state index in [2.05, 4.69) is 21.2 Å². The Hall–Kier alpha value is -3.45. The summed E-state index contributed by atoms with van der Waals surface area (Å²) in [5, 5.41) is 2.28. The summed E-state index contributed by atoms with van der Waals surface area (Å²) in [5.74, 6) is -1.35. The summed E-state index contributed by atoms with van der Waals surface area (Å²) in [4.78, 5) is 39.2. The number of imide groups is 2.